The number of carbonyl (C=O) groups excluding carboxylic acids is 1. The third-order valence-electron chi connectivity index (χ3n) is 1.12. The van der Waals surface area contributed by atoms with Gasteiger partial charge in [0.05, 0.1) is 0 Å². The first kappa shape index (κ1) is 8.49. The normalized spacial score (nSPS) is 10.0. The summed E-state index contributed by atoms with van der Waals surface area (Å²) >= 11 is 3.09. The lowest BCUT2D eigenvalue weighted by Crippen LogP contribution is -2.05. The molecule has 1 heterocycles. The summed E-state index contributed by atoms with van der Waals surface area (Å²) in [5, 5.41) is 0. The Hall–Kier alpha value is -0.610. The largest absolute Gasteiger partial charge is 0.446 e. The summed E-state index contributed by atoms with van der Waals surface area (Å²) in [5.41, 5.74) is 0. The molecule has 1 rings (SSSR count). The highest BCUT2D eigenvalue weighted by atomic mass is 79.9. The summed E-state index contributed by atoms with van der Waals surface area (Å²) in [6.07, 6.45) is 0. The van der Waals surface area contributed by atoms with Crippen LogP contribution in [0.15, 0.2) is 21.2 Å². The monoisotopic (exact) mass is 218 g/mol. The minimum atomic E-state index is -0.154. The minimum absolute atomic E-state index is 0.0555. The molecule has 1 aromatic rings. The van der Waals surface area contributed by atoms with E-state index in [1.54, 1.807) is 12.1 Å². The Kier molecular flexibility index (Phi) is 2.84. The topological polar surface area (TPSA) is 39.4 Å². The molecular formula is C7H7BrO3. The third-order valence-corrected chi connectivity index (χ3v) is 1.55. The van der Waals surface area contributed by atoms with Crippen LogP contribution >= 0.6 is 15.9 Å². The smallest absolute Gasteiger partial charge is 0.223 e. The van der Waals surface area contributed by atoms with Crippen molar-refractivity contribution in [1.29, 1.82) is 0 Å². The molecule has 0 saturated heterocycles. The van der Waals surface area contributed by atoms with Gasteiger partial charge in [0, 0.05) is 7.11 Å². The zero-order valence-electron chi connectivity index (χ0n) is 5.96. The number of Topliss-reactive ketones (excluding diaryl/α,β-unsaturated/α-hetero) is 1. The molecule has 0 bridgehead atoms. The van der Waals surface area contributed by atoms with Crippen molar-refractivity contribution in [2.75, 3.05) is 13.7 Å². The number of halogens is 1. The van der Waals surface area contributed by atoms with Crippen molar-refractivity contribution in [3.8, 4) is 0 Å². The number of carbonyl (C=O) groups is 1. The Bertz CT molecular complexity index is 254. The molecule has 0 amide bonds. The van der Waals surface area contributed by atoms with Gasteiger partial charge in [0.2, 0.25) is 5.78 Å². The van der Waals surface area contributed by atoms with E-state index in [4.69, 9.17) is 4.42 Å². The molecule has 0 aliphatic carbocycles. The summed E-state index contributed by atoms with van der Waals surface area (Å²) < 4.78 is 10.2. The van der Waals surface area contributed by atoms with Gasteiger partial charge in [-0.15, -0.1) is 0 Å². The summed E-state index contributed by atoms with van der Waals surface area (Å²) in [6, 6.07) is 3.27. The lowest BCUT2D eigenvalue weighted by atomic mass is 10.3. The van der Waals surface area contributed by atoms with Gasteiger partial charge in [0.25, 0.3) is 0 Å². The number of furan rings is 1. The van der Waals surface area contributed by atoms with Gasteiger partial charge >= 0.3 is 0 Å². The Morgan fingerprint density at radius 3 is 2.91 bits per heavy atom. The average Bonchev–Trinajstić information content (AvgIpc) is 2.36. The van der Waals surface area contributed by atoms with Crippen LogP contribution in [0.25, 0.3) is 0 Å². The van der Waals surface area contributed by atoms with E-state index < -0.39 is 0 Å². The van der Waals surface area contributed by atoms with Crippen LogP contribution < -0.4 is 0 Å². The first-order valence-corrected chi connectivity index (χ1v) is 3.81. The third kappa shape index (κ3) is 2.17. The van der Waals surface area contributed by atoms with E-state index in [1.165, 1.54) is 7.11 Å². The van der Waals surface area contributed by atoms with Crippen molar-refractivity contribution in [2.45, 2.75) is 0 Å². The molecule has 0 fully saturated rings. The quantitative estimate of drug-likeness (QED) is 0.728. The van der Waals surface area contributed by atoms with Crippen LogP contribution in [-0.2, 0) is 4.74 Å². The molecular weight excluding hydrogens is 212 g/mol. The summed E-state index contributed by atoms with van der Waals surface area (Å²) in [7, 11) is 1.47. The fourth-order valence-electron chi connectivity index (χ4n) is 0.666. The zero-order chi connectivity index (χ0) is 8.27. The maximum atomic E-state index is 11.0. The standard InChI is InChI=1S/C7H7BrO3/c1-10-4-5(9)6-2-3-7(8)11-6/h2-3H,4H2,1H3. The SMILES string of the molecule is COCC(=O)c1ccc(Br)o1. The minimum Gasteiger partial charge on any atom is -0.446 e. The van der Waals surface area contributed by atoms with Crippen LogP contribution in [0.5, 0.6) is 0 Å². The molecule has 3 nitrogen and oxygen atoms in total. The van der Waals surface area contributed by atoms with Gasteiger partial charge in [0.15, 0.2) is 10.4 Å². The van der Waals surface area contributed by atoms with Crippen LogP contribution in [-0.4, -0.2) is 19.5 Å². The van der Waals surface area contributed by atoms with E-state index in [-0.39, 0.29) is 12.4 Å². The maximum Gasteiger partial charge on any atom is 0.223 e. The lowest BCUT2D eigenvalue weighted by Gasteiger charge is -1.92. The van der Waals surface area contributed by atoms with E-state index in [9.17, 15) is 4.79 Å². The summed E-state index contributed by atoms with van der Waals surface area (Å²) in [5.74, 6) is 0.164. The van der Waals surface area contributed by atoms with Gasteiger partial charge in [-0.3, -0.25) is 4.79 Å². The van der Waals surface area contributed by atoms with Gasteiger partial charge in [-0.1, -0.05) is 0 Å². The molecule has 0 aliphatic rings. The van der Waals surface area contributed by atoms with Crippen molar-refractivity contribution in [3.63, 3.8) is 0 Å². The molecule has 11 heavy (non-hydrogen) atoms. The van der Waals surface area contributed by atoms with Crippen LogP contribution in [0.4, 0.5) is 0 Å². The Balaban J connectivity index is 2.69. The second-order valence-electron chi connectivity index (χ2n) is 1.96. The number of rotatable bonds is 3. The van der Waals surface area contributed by atoms with Crippen LogP contribution in [0.3, 0.4) is 0 Å². The molecule has 0 atom stereocenters. The second-order valence-corrected chi connectivity index (χ2v) is 2.74. The Morgan fingerprint density at radius 2 is 2.45 bits per heavy atom. The van der Waals surface area contributed by atoms with Crippen LogP contribution in [0.2, 0.25) is 0 Å². The van der Waals surface area contributed by atoms with E-state index in [2.05, 4.69) is 20.7 Å². The number of ketones is 1. The molecule has 0 saturated carbocycles. The molecule has 0 aromatic carbocycles. The molecule has 4 heteroatoms. The number of hydrogen-bond donors (Lipinski definition) is 0. The van der Waals surface area contributed by atoms with Crippen molar-refractivity contribution in [2.24, 2.45) is 0 Å². The van der Waals surface area contributed by atoms with E-state index in [0.717, 1.165) is 0 Å². The van der Waals surface area contributed by atoms with E-state index in [0.29, 0.717) is 10.4 Å². The fourth-order valence-corrected chi connectivity index (χ4v) is 0.973. The van der Waals surface area contributed by atoms with Crippen molar-refractivity contribution >= 4 is 21.7 Å². The summed E-state index contributed by atoms with van der Waals surface area (Å²) in [6.45, 7) is 0.0555. The fraction of sp³-hybridized carbons (Fsp3) is 0.286. The van der Waals surface area contributed by atoms with Crippen molar-refractivity contribution < 1.29 is 13.9 Å². The molecule has 60 valence electrons. The molecule has 0 N–H and O–H groups in total. The van der Waals surface area contributed by atoms with E-state index >= 15 is 0 Å². The second kappa shape index (κ2) is 3.69. The molecule has 0 spiro atoms. The predicted octanol–water partition coefficient (Wildman–Crippen LogP) is 1.87. The van der Waals surface area contributed by atoms with Crippen molar-refractivity contribution in [1.82, 2.24) is 0 Å². The summed E-state index contributed by atoms with van der Waals surface area (Å²) in [4.78, 5) is 11.0. The number of methoxy groups -OCH3 is 1. The van der Waals surface area contributed by atoms with Gasteiger partial charge in [0.1, 0.15) is 6.61 Å². The van der Waals surface area contributed by atoms with Gasteiger partial charge in [-0.05, 0) is 28.1 Å². The number of hydrogen-bond acceptors (Lipinski definition) is 3. The van der Waals surface area contributed by atoms with Gasteiger partial charge in [-0.25, -0.2) is 0 Å². The van der Waals surface area contributed by atoms with E-state index in [1.807, 2.05) is 0 Å². The van der Waals surface area contributed by atoms with Gasteiger partial charge in [-0.2, -0.15) is 0 Å². The average molecular weight is 219 g/mol. The first-order chi connectivity index (χ1) is 5.24. The number of ether oxygens (including phenoxy) is 1. The Morgan fingerprint density at radius 1 is 1.73 bits per heavy atom. The van der Waals surface area contributed by atoms with Crippen LogP contribution in [0.1, 0.15) is 10.6 Å². The molecule has 0 radical (unpaired) electrons. The Labute approximate surface area is 72.5 Å². The lowest BCUT2D eigenvalue weighted by molar-refractivity contribution is 0.0818. The zero-order valence-corrected chi connectivity index (χ0v) is 7.55. The first-order valence-electron chi connectivity index (χ1n) is 3.01. The highest BCUT2D eigenvalue weighted by Gasteiger charge is 2.08. The predicted molar refractivity (Wildman–Crippen MR) is 42.6 cm³/mol. The molecule has 1 aromatic heterocycles. The molecule has 0 unspecified atom stereocenters. The highest BCUT2D eigenvalue weighted by molar-refractivity contribution is 9.10. The van der Waals surface area contributed by atoms with Crippen LogP contribution in [0, 0.1) is 0 Å². The van der Waals surface area contributed by atoms with Crippen molar-refractivity contribution in [3.05, 3.63) is 22.6 Å². The van der Waals surface area contributed by atoms with Gasteiger partial charge < -0.3 is 9.15 Å². The molecule has 0 aliphatic heterocycles. The highest BCUT2D eigenvalue weighted by Crippen LogP contribution is 2.14. The maximum absolute atomic E-state index is 11.0.